The maximum absolute atomic E-state index is 13.4. The number of nitrogens with zero attached hydrogens (tertiary/aromatic N) is 3. The lowest BCUT2D eigenvalue weighted by Crippen LogP contribution is -2.59. The van der Waals surface area contributed by atoms with Gasteiger partial charge in [-0.1, -0.05) is 30.3 Å². The minimum Gasteiger partial charge on any atom is -0.404 e. The van der Waals surface area contributed by atoms with E-state index in [1.807, 2.05) is 0 Å². The summed E-state index contributed by atoms with van der Waals surface area (Å²) in [6.07, 6.45) is -2.27. The summed E-state index contributed by atoms with van der Waals surface area (Å²) in [4.78, 5) is 35.7. The molecule has 1 saturated heterocycles. The molecule has 12 heteroatoms. The number of piperidine rings is 1. The molecular weight excluding hydrogens is 513 g/mol. The number of hydrogen-bond acceptors (Lipinski definition) is 7. The molecule has 1 aromatic carbocycles. The zero-order valence-corrected chi connectivity index (χ0v) is 21.2. The van der Waals surface area contributed by atoms with Crippen LogP contribution >= 0.6 is 0 Å². The van der Waals surface area contributed by atoms with Crippen LogP contribution in [0, 0.1) is 5.41 Å². The first-order chi connectivity index (χ1) is 18.4. The number of rotatable bonds is 4. The SMILES string of the molecule is C[C@@H]1[C@H](c2ccccc2)C[C@H](NC(=O)c2cnc3c(c2)C[C@]2(C3)C(=CN)C(N)=NC2O)C(=O)N1CC(F)(F)F. The number of amidine groups is 1. The van der Waals surface area contributed by atoms with E-state index in [1.54, 1.807) is 43.3 Å². The van der Waals surface area contributed by atoms with Crippen LogP contribution < -0.4 is 16.8 Å². The van der Waals surface area contributed by atoms with E-state index in [9.17, 15) is 27.9 Å². The second-order valence-electron chi connectivity index (χ2n) is 10.4. The van der Waals surface area contributed by atoms with E-state index < -0.39 is 54.2 Å². The zero-order valence-electron chi connectivity index (χ0n) is 21.2. The van der Waals surface area contributed by atoms with Gasteiger partial charge < -0.3 is 26.8 Å². The van der Waals surface area contributed by atoms with Crippen LogP contribution in [0.4, 0.5) is 13.2 Å². The maximum atomic E-state index is 13.4. The number of likely N-dealkylation sites (tertiary alicyclic amines) is 1. The van der Waals surface area contributed by atoms with E-state index in [2.05, 4.69) is 15.3 Å². The number of carbonyl (C=O) groups excluding carboxylic acids is 2. The fourth-order valence-corrected chi connectivity index (χ4v) is 6.08. The van der Waals surface area contributed by atoms with E-state index in [0.717, 1.165) is 10.5 Å². The summed E-state index contributed by atoms with van der Waals surface area (Å²) in [6.45, 7) is 0.188. The van der Waals surface area contributed by atoms with Crippen LogP contribution in [0.3, 0.4) is 0 Å². The van der Waals surface area contributed by atoms with Crippen molar-refractivity contribution in [2.75, 3.05) is 6.54 Å². The van der Waals surface area contributed by atoms with Crippen LogP contribution in [0.1, 0.15) is 46.4 Å². The third-order valence-electron chi connectivity index (χ3n) is 8.07. The summed E-state index contributed by atoms with van der Waals surface area (Å²) < 4.78 is 40.2. The molecule has 1 aromatic heterocycles. The molecule has 9 nitrogen and oxygen atoms in total. The summed E-state index contributed by atoms with van der Waals surface area (Å²) in [6, 6.07) is 8.72. The number of alkyl halides is 3. The van der Waals surface area contributed by atoms with Gasteiger partial charge in [0.05, 0.1) is 11.0 Å². The lowest BCUT2D eigenvalue weighted by Gasteiger charge is -2.43. The Balaban J connectivity index is 1.38. The van der Waals surface area contributed by atoms with Gasteiger partial charge in [0.15, 0.2) is 6.23 Å². The molecule has 1 spiro atoms. The molecule has 1 unspecified atom stereocenters. The molecule has 0 bridgehead atoms. The van der Waals surface area contributed by atoms with Crippen LogP contribution in [0.2, 0.25) is 0 Å². The molecule has 3 aliphatic rings. The van der Waals surface area contributed by atoms with Crippen molar-refractivity contribution in [2.24, 2.45) is 21.9 Å². The first-order valence-electron chi connectivity index (χ1n) is 12.6. The number of aliphatic hydroxyl groups is 1. The number of benzene rings is 1. The van der Waals surface area contributed by atoms with Crippen LogP contribution in [0.5, 0.6) is 0 Å². The van der Waals surface area contributed by atoms with E-state index in [1.165, 1.54) is 12.4 Å². The predicted molar refractivity (Wildman–Crippen MR) is 136 cm³/mol. The number of pyridine rings is 1. The fraction of sp³-hybridized carbons (Fsp3) is 0.407. The molecule has 5 atom stereocenters. The number of aliphatic imine (C=N–C) groups is 1. The van der Waals surface area contributed by atoms with Crippen molar-refractivity contribution in [3.8, 4) is 0 Å². The number of halogens is 3. The summed E-state index contributed by atoms with van der Waals surface area (Å²) in [7, 11) is 0. The van der Waals surface area contributed by atoms with Gasteiger partial charge in [0, 0.05) is 42.0 Å². The number of hydrogen-bond donors (Lipinski definition) is 4. The zero-order chi connectivity index (χ0) is 28.1. The van der Waals surface area contributed by atoms with Crippen molar-refractivity contribution in [2.45, 2.75) is 56.6 Å². The highest BCUT2D eigenvalue weighted by molar-refractivity contribution is 6.01. The highest BCUT2D eigenvalue weighted by atomic mass is 19.4. The highest BCUT2D eigenvalue weighted by Gasteiger charge is 2.52. The number of nitrogens with two attached hydrogens (primary N) is 2. The Morgan fingerprint density at radius 1 is 1.28 bits per heavy atom. The maximum Gasteiger partial charge on any atom is 0.406 e. The van der Waals surface area contributed by atoms with Crippen molar-refractivity contribution in [1.82, 2.24) is 15.2 Å². The van der Waals surface area contributed by atoms with Crippen molar-refractivity contribution < 1.29 is 27.9 Å². The Morgan fingerprint density at radius 3 is 2.67 bits per heavy atom. The van der Waals surface area contributed by atoms with Crippen molar-refractivity contribution in [3.63, 3.8) is 0 Å². The van der Waals surface area contributed by atoms with Crippen molar-refractivity contribution in [1.29, 1.82) is 0 Å². The average Bonchev–Trinajstić information content (AvgIpc) is 3.38. The molecule has 5 rings (SSSR count). The minimum atomic E-state index is -4.59. The third kappa shape index (κ3) is 4.73. The number of nitrogens with one attached hydrogen (secondary N) is 1. The quantitative estimate of drug-likeness (QED) is 0.463. The van der Waals surface area contributed by atoms with Gasteiger partial charge in [-0.05, 0) is 37.0 Å². The summed E-state index contributed by atoms with van der Waals surface area (Å²) >= 11 is 0. The summed E-state index contributed by atoms with van der Waals surface area (Å²) in [5.74, 6) is -1.68. The third-order valence-corrected chi connectivity index (χ3v) is 8.07. The standard InChI is InChI=1S/C27H29F3N6O3/c1-14-18(15-5-3-2-4-6-15)8-20(24(38)36(14)13-27(28,29)30)34-23(37)17-7-16-9-26(10-21(16)33-12-17)19(11-31)22(32)35-25(26)39/h2-7,11-12,14,18,20,25,39H,8-10,13,31H2,1H3,(H2,32,35)(H,34,37)/t14-,18-,20+,25?,26+/m1/s1. The van der Waals surface area contributed by atoms with Gasteiger partial charge in [-0.2, -0.15) is 13.2 Å². The van der Waals surface area contributed by atoms with Gasteiger partial charge in [0.25, 0.3) is 5.91 Å². The first kappa shape index (κ1) is 26.7. The molecule has 206 valence electrons. The molecule has 6 N–H and O–H groups in total. The Kier molecular flexibility index (Phi) is 6.61. The Morgan fingerprint density at radius 2 is 2.00 bits per heavy atom. The molecule has 1 aliphatic carbocycles. The van der Waals surface area contributed by atoms with E-state index in [-0.39, 0.29) is 17.8 Å². The van der Waals surface area contributed by atoms with Crippen molar-refractivity contribution in [3.05, 3.63) is 76.8 Å². The molecule has 2 amide bonds. The molecular formula is C27H29F3N6O3. The molecule has 1 fully saturated rings. The number of aliphatic hydroxyl groups excluding tert-OH is 1. The Bertz CT molecular complexity index is 1360. The average molecular weight is 543 g/mol. The molecule has 2 aliphatic heterocycles. The number of amides is 2. The summed E-state index contributed by atoms with van der Waals surface area (Å²) in [5, 5.41) is 13.2. The fourth-order valence-electron chi connectivity index (χ4n) is 6.08. The lowest BCUT2D eigenvalue weighted by molar-refractivity contribution is -0.170. The largest absolute Gasteiger partial charge is 0.406 e. The van der Waals surface area contributed by atoms with E-state index in [0.29, 0.717) is 29.7 Å². The minimum absolute atomic E-state index is 0.149. The topological polar surface area (TPSA) is 147 Å². The van der Waals surface area contributed by atoms with Crippen LogP contribution in [-0.4, -0.2) is 63.7 Å². The molecule has 39 heavy (non-hydrogen) atoms. The normalized spacial score (nSPS) is 29.6. The number of carbonyl (C=O) groups is 2. The van der Waals surface area contributed by atoms with Gasteiger partial charge in [-0.25, -0.2) is 4.99 Å². The van der Waals surface area contributed by atoms with Crippen LogP contribution in [-0.2, 0) is 17.6 Å². The number of fused-ring (bicyclic) bond motifs is 1. The molecule has 0 saturated carbocycles. The Labute approximate surface area is 222 Å². The van der Waals surface area contributed by atoms with Gasteiger partial charge in [0.1, 0.15) is 18.4 Å². The van der Waals surface area contributed by atoms with E-state index in [4.69, 9.17) is 11.5 Å². The van der Waals surface area contributed by atoms with E-state index >= 15 is 0 Å². The predicted octanol–water partition coefficient (Wildman–Crippen LogP) is 1.76. The molecule has 2 aromatic rings. The number of aromatic nitrogens is 1. The second-order valence-corrected chi connectivity index (χ2v) is 10.4. The van der Waals surface area contributed by atoms with Gasteiger partial charge in [0.2, 0.25) is 5.91 Å². The molecule has 0 radical (unpaired) electrons. The van der Waals surface area contributed by atoms with Crippen LogP contribution in [0.25, 0.3) is 0 Å². The highest BCUT2D eigenvalue weighted by Crippen LogP contribution is 2.48. The molecule has 3 heterocycles. The van der Waals surface area contributed by atoms with Gasteiger partial charge in [-0.3, -0.25) is 14.6 Å². The van der Waals surface area contributed by atoms with Gasteiger partial charge >= 0.3 is 6.18 Å². The smallest absolute Gasteiger partial charge is 0.404 e. The van der Waals surface area contributed by atoms with Gasteiger partial charge in [-0.15, -0.1) is 0 Å². The monoisotopic (exact) mass is 542 g/mol. The summed E-state index contributed by atoms with van der Waals surface area (Å²) in [5.41, 5.74) is 13.6. The second kappa shape index (κ2) is 9.67. The van der Waals surface area contributed by atoms with Crippen molar-refractivity contribution >= 4 is 17.6 Å². The van der Waals surface area contributed by atoms with Crippen LogP contribution in [0.15, 0.2) is 59.4 Å². The first-order valence-corrected chi connectivity index (χ1v) is 12.6. The lowest BCUT2D eigenvalue weighted by atomic mass is 9.78. The Hall–Kier alpha value is -3.93.